The number of anilines is 1. The number of nitrogens with zero attached hydrogens (tertiary/aromatic N) is 3. The van der Waals surface area contributed by atoms with Gasteiger partial charge in [0.15, 0.2) is 0 Å². The molecule has 0 spiro atoms. The Balaban J connectivity index is 1.68. The van der Waals surface area contributed by atoms with Crippen molar-refractivity contribution in [1.82, 2.24) is 14.8 Å². The Bertz CT molecular complexity index is 601. The van der Waals surface area contributed by atoms with Crippen LogP contribution >= 0.6 is 11.3 Å². The summed E-state index contributed by atoms with van der Waals surface area (Å²) in [6, 6.07) is 0.361. The van der Waals surface area contributed by atoms with E-state index in [0.717, 1.165) is 31.7 Å². The second-order valence-electron chi connectivity index (χ2n) is 4.77. The molecule has 0 bridgehead atoms. The van der Waals surface area contributed by atoms with Crippen molar-refractivity contribution in [3.8, 4) is 0 Å². The van der Waals surface area contributed by atoms with Crippen LogP contribution in [0.5, 0.6) is 0 Å². The lowest BCUT2D eigenvalue weighted by atomic mass is 10.1. The molecule has 6 nitrogen and oxygen atoms in total. The monoisotopic (exact) mass is 292 g/mol. The standard InChI is InChI=1S/C13H16N4O2S/c1-9-12(20-8-14-9)13(18)16-10-6-15-17(7-10)11-2-4-19-5-3-11/h6-8,11H,2-5H2,1H3,(H,16,18). The fourth-order valence-electron chi connectivity index (χ4n) is 2.26. The average Bonchev–Trinajstić information content (AvgIpc) is 3.09. The Kier molecular flexibility index (Phi) is 3.79. The summed E-state index contributed by atoms with van der Waals surface area (Å²) in [5.74, 6) is -0.128. The minimum Gasteiger partial charge on any atom is -0.381 e. The highest BCUT2D eigenvalue weighted by Crippen LogP contribution is 2.22. The van der Waals surface area contributed by atoms with Crippen LogP contribution in [0.4, 0.5) is 5.69 Å². The van der Waals surface area contributed by atoms with Crippen molar-refractivity contribution in [3.05, 3.63) is 28.5 Å². The summed E-state index contributed by atoms with van der Waals surface area (Å²) in [7, 11) is 0. The van der Waals surface area contributed by atoms with Crippen LogP contribution < -0.4 is 5.32 Å². The van der Waals surface area contributed by atoms with Crippen LogP contribution in [-0.2, 0) is 4.74 Å². The molecule has 1 fully saturated rings. The number of thiazole rings is 1. The van der Waals surface area contributed by atoms with Gasteiger partial charge in [-0.15, -0.1) is 11.3 Å². The molecule has 2 aromatic rings. The first-order chi connectivity index (χ1) is 9.74. The molecule has 1 saturated heterocycles. The highest BCUT2D eigenvalue weighted by molar-refractivity contribution is 7.12. The van der Waals surface area contributed by atoms with Gasteiger partial charge in [0.2, 0.25) is 0 Å². The van der Waals surface area contributed by atoms with Crippen molar-refractivity contribution in [3.63, 3.8) is 0 Å². The Labute approximate surface area is 120 Å². The van der Waals surface area contributed by atoms with Crippen LogP contribution in [-0.4, -0.2) is 33.9 Å². The van der Waals surface area contributed by atoms with E-state index < -0.39 is 0 Å². The fourth-order valence-corrected chi connectivity index (χ4v) is 2.96. The summed E-state index contributed by atoms with van der Waals surface area (Å²) in [6.07, 6.45) is 5.49. The molecule has 1 amide bonds. The number of amides is 1. The second kappa shape index (κ2) is 5.72. The molecule has 7 heteroatoms. The molecule has 0 unspecified atom stereocenters. The topological polar surface area (TPSA) is 69.0 Å². The van der Waals surface area contributed by atoms with E-state index in [0.29, 0.717) is 16.6 Å². The van der Waals surface area contributed by atoms with Crippen molar-refractivity contribution < 1.29 is 9.53 Å². The molecular weight excluding hydrogens is 276 g/mol. The van der Waals surface area contributed by atoms with E-state index in [-0.39, 0.29) is 5.91 Å². The predicted molar refractivity (Wildman–Crippen MR) is 76.1 cm³/mol. The van der Waals surface area contributed by atoms with E-state index >= 15 is 0 Å². The molecule has 0 aliphatic carbocycles. The van der Waals surface area contributed by atoms with Gasteiger partial charge in [-0.25, -0.2) is 4.98 Å². The van der Waals surface area contributed by atoms with E-state index in [9.17, 15) is 4.79 Å². The summed E-state index contributed by atoms with van der Waals surface area (Å²) in [5, 5.41) is 7.19. The Morgan fingerprint density at radius 3 is 3.00 bits per heavy atom. The molecule has 20 heavy (non-hydrogen) atoms. The second-order valence-corrected chi connectivity index (χ2v) is 5.63. The van der Waals surface area contributed by atoms with Gasteiger partial charge in [0.05, 0.1) is 29.1 Å². The largest absolute Gasteiger partial charge is 0.381 e. The quantitative estimate of drug-likeness (QED) is 0.942. The molecule has 0 radical (unpaired) electrons. The van der Waals surface area contributed by atoms with Crippen LogP contribution in [0.15, 0.2) is 17.9 Å². The summed E-state index contributed by atoms with van der Waals surface area (Å²) >= 11 is 1.34. The lowest BCUT2D eigenvalue weighted by molar-refractivity contribution is 0.0662. The van der Waals surface area contributed by atoms with Crippen molar-refractivity contribution in [2.75, 3.05) is 18.5 Å². The number of aryl methyl sites for hydroxylation is 1. The summed E-state index contributed by atoms with van der Waals surface area (Å²) < 4.78 is 7.25. The molecule has 3 rings (SSSR count). The molecule has 1 aliphatic heterocycles. The minimum absolute atomic E-state index is 0.128. The van der Waals surface area contributed by atoms with Crippen LogP contribution in [0, 0.1) is 6.92 Å². The van der Waals surface area contributed by atoms with Gasteiger partial charge in [0.1, 0.15) is 4.88 Å². The number of carbonyl (C=O) groups excluding carboxylic acids is 1. The van der Waals surface area contributed by atoms with Crippen molar-refractivity contribution >= 4 is 22.9 Å². The molecule has 0 saturated carbocycles. The zero-order valence-corrected chi connectivity index (χ0v) is 12.0. The molecule has 1 aliphatic rings. The zero-order chi connectivity index (χ0) is 13.9. The first kappa shape index (κ1) is 13.3. The molecular formula is C13H16N4O2S. The van der Waals surface area contributed by atoms with Crippen LogP contribution in [0.1, 0.15) is 34.2 Å². The lowest BCUT2D eigenvalue weighted by Gasteiger charge is -2.22. The predicted octanol–water partition coefficient (Wildman–Crippen LogP) is 2.25. The van der Waals surface area contributed by atoms with Crippen LogP contribution in [0.2, 0.25) is 0 Å². The normalized spacial score (nSPS) is 16.2. The van der Waals surface area contributed by atoms with Crippen molar-refractivity contribution in [1.29, 1.82) is 0 Å². The van der Waals surface area contributed by atoms with Crippen LogP contribution in [0.3, 0.4) is 0 Å². The van der Waals surface area contributed by atoms with Gasteiger partial charge < -0.3 is 10.1 Å². The van der Waals surface area contributed by atoms with E-state index in [2.05, 4.69) is 15.4 Å². The molecule has 0 atom stereocenters. The number of carbonyl (C=O) groups is 1. The van der Waals surface area contributed by atoms with Gasteiger partial charge in [0, 0.05) is 19.4 Å². The average molecular weight is 292 g/mol. The minimum atomic E-state index is -0.128. The number of rotatable bonds is 3. The SMILES string of the molecule is Cc1ncsc1C(=O)Nc1cnn(C2CCOCC2)c1. The van der Waals surface area contributed by atoms with Gasteiger partial charge in [-0.2, -0.15) is 5.10 Å². The van der Waals surface area contributed by atoms with E-state index in [4.69, 9.17) is 4.74 Å². The Morgan fingerprint density at radius 1 is 1.50 bits per heavy atom. The zero-order valence-electron chi connectivity index (χ0n) is 11.2. The molecule has 1 N–H and O–H groups in total. The first-order valence-corrected chi connectivity index (χ1v) is 7.45. The molecule has 2 aromatic heterocycles. The van der Waals surface area contributed by atoms with Gasteiger partial charge >= 0.3 is 0 Å². The summed E-state index contributed by atoms with van der Waals surface area (Å²) in [6.45, 7) is 3.37. The Morgan fingerprint density at radius 2 is 2.30 bits per heavy atom. The smallest absolute Gasteiger partial charge is 0.267 e. The van der Waals surface area contributed by atoms with Crippen molar-refractivity contribution in [2.45, 2.75) is 25.8 Å². The third-order valence-corrected chi connectivity index (χ3v) is 4.30. The van der Waals surface area contributed by atoms with E-state index in [1.807, 2.05) is 17.8 Å². The highest BCUT2D eigenvalue weighted by Gasteiger charge is 2.17. The lowest BCUT2D eigenvalue weighted by Crippen LogP contribution is -2.19. The number of hydrogen-bond acceptors (Lipinski definition) is 5. The highest BCUT2D eigenvalue weighted by atomic mass is 32.1. The number of ether oxygens (including phenoxy) is 1. The maximum Gasteiger partial charge on any atom is 0.267 e. The number of nitrogens with one attached hydrogen (secondary N) is 1. The maximum atomic E-state index is 12.1. The molecule has 106 valence electrons. The summed E-state index contributed by atoms with van der Waals surface area (Å²) in [4.78, 5) is 16.8. The fraction of sp³-hybridized carbons (Fsp3) is 0.462. The summed E-state index contributed by atoms with van der Waals surface area (Å²) in [5.41, 5.74) is 3.15. The van der Waals surface area contributed by atoms with Gasteiger partial charge in [-0.05, 0) is 19.8 Å². The maximum absolute atomic E-state index is 12.1. The third kappa shape index (κ3) is 2.73. The van der Waals surface area contributed by atoms with Gasteiger partial charge in [-0.1, -0.05) is 0 Å². The van der Waals surface area contributed by atoms with E-state index in [1.165, 1.54) is 11.3 Å². The Hall–Kier alpha value is -1.73. The third-order valence-electron chi connectivity index (χ3n) is 3.38. The molecule has 0 aromatic carbocycles. The van der Waals surface area contributed by atoms with Crippen LogP contribution in [0.25, 0.3) is 0 Å². The first-order valence-electron chi connectivity index (χ1n) is 6.57. The number of hydrogen-bond donors (Lipinski definition) is 1. The van der Waals surface area contributed by atoms with E-state index in [1.54, 1.807) is 11.7 Å². The van der Waals surface area contributed by atoms with Gasteiger partial charge in [0.25, 0.3) is 5.91 Å². The van der Waals surface area contributed by atoms with Crippen molar-refractivity contribution in [2.24, 2.45) is 0 Å². The molecule has 3 heterocycles. The number of aromatic nitrogens is 3. The van der Waals surface area contributed by atoms with Gasteiger partial charge in [-0.3, -0.25) is 9.48 Å².